The lowest BCUT2D eigenvalue weighted by atomic mass is 10.2. The minimum absolute atomic E-state index is 0.741. The summed E-state index contributed by atoms with van der Waals surface area (Å²) >= 11 is 4.04. The second kappa shape index (κ2) is 5.16. The largest absolute Gasteiger partial charge is 0.308 e. The predicted octanol–water partition coefficient (Wildman–Crippen LogP) is 1.10. The molecule has 0 unspecified atom stereocenters. The summed E-state index contributed by atoms with van der Waals surface area (Å²) in [5.41, 5.74) is 1.31. The van der Waals surface area contributed by atoms with Crippen LogP contribution in [0.4, 0.5) is 0 Å². The lowest BCUT2D eigenvalue weighted by Gasteiger charge is -1.99. The van der Waals surface area contributed by atoms with Gasteiger partial charge >= 0.3 is 0 Å². The van der Waals surface area contributed by atoms with E-state index in [1.54, 1.807) is 0 Å². The summed E-state index contributed by atoms with van der Waals surface area (Å²) in [6.45, 7) is 0.980. The topological polar surface area (TPSA) is 24.9 Å². The summed E-state index contributed by atoms with van der Waals surface area (Å²) in [5, 5.41) is 3.14. The quantitative estimate of drug-likeness (QED) is 0.400. The number of aromatic nitrogens is 1. The van der Waals surface area contributed by atoms with E-state index in [2.05, 4.69) is 22.9 Å². The zero-order chi connectivity index (χ0) is 7.94. The van der Waals surface area contributed by atoms with Crippen molar-refractivity contribution >= 4 is 12.6 Å². The highest BCUT2D eigenvalue weighted by molar-refractivity contribution is 7.80. The van der Waals surface area contributed by atoms with Crippen LogP contribution in [0, 0.1) is 0 Å². The molecule has 1 aromatic rings. The first-order valence-electron chi connectivity index (χ1n) is 3.64. The Kier molecular flexibility index (Phi) is 4.01. The van der Waals surface area contributed by atoms with Gasteiger partial charge in [-0.25, -0.2) is 0 Å². The Hall–Kier alpha value is -0.540. The van der Waals surface area contributed by atoms with Crippen molar-refractivity contribution in [3.63, 3.8) is 0 Å². The van der Waals surface area contributed by atoms with Crippen LogP contribution in [0.3, 0.4) is 0 Å². The third-order valence-corrected chi connectivity index (χ3v) is 1.68. The van der Waals surface area contributed by atoms with Crippen molar-refractivity contribution in [3.05, 3.63) is 30.1 Å². The molecule has 3 heteroatoms. The molecular weight excluding hydrogens is 156 g/mol. The summed E-state index contributed by atoms with van der Waals surface area (Å²) in [6.07, 6.45) is 4.68. The summed E-state index contributed by atoms with van der Waals surface area (Å²) < 4.78 is 0. The van der Waals surface area contributed by atoms with Crippen LogP contribution in [0.5, 0.6) is 0 Å². The van der Waals surface area contributed by atoms with Crippen LogP contribution in [-0.4, -0.2) is 17.4 Å². The highest BCUT2D eigenvalue weighted by atomic mass is 32.1. The van der Waals surface area contributed by atoms with E-state index in [-0.39, 0.29) is 0 Å². The monoisotopic (exact) mass is 168 g/mol. The summed E-state index contributed by atoms with van der Waals surface area (Å²) in [7, 11) is 0. The van der Waals surface area contributed by atoms with Crippen molar-refractivity contribution < 1.29 is 0 Å². The molecule has 1 N–H and O–H groups in total. The van der Waals surface area contributed by atoms with Crippen LogP contribution in [0.1, 0.15) is 5.56 Å². The van der Waals surface area contributed by atoms with Crippen molar-refractivity contribution in [2.24, 2.45) is 0 Å². The lowest BCUT2D eigenvalue weighted by Crippen LogP contribution is -2.14. The molecule has 0 bridgehead atoms. The molecule has 1 heterocycles. The molecule has 0 saturated heterocycles. The molecule has 0 fully saturated rings. The number of nitrogens with zero attached hydrogens (tertiary/aromatic N) is 1. The molecule has 1 aromatic heterocycles. The fourth-order valence-corrected chi connectivity index (χ4v) is 1.02. The molecule has 0 atom stereocenters. The first-order chi connectivity index (χ1) is 5.43. The van der Waals surface area contributed by atoms with Crippen LogP contribution in [-0.2, 0) is 6.42 Å². The maximum absolute atomic E-state index is 4.04. The Balaban J connectivity index is 2.28. The second-order valence-electron chi connectivity index (χ2n) is 2.26. The van der Waals surface area contributed by atoms with Gasteiger partial charge in [-0.1, -0.05) is 0 Å². The molecule has 1 rings (SSSR count). The molecular formula is C8H12N2S. The Labute approximate surface area is 72.5 Å². The smallest absolute Gasteiger partial charge is 0.0387 e. The fourth-order valence-electron chi connectivity index (χ4n) is 0.861. The molecule has 0 aromatic carbocycles. The number of thiol groups is 1. The highest BCUT2D eigenvalue weighted by Gasteiger charge is 1.88. The van der Waals surface area contributed by atoms with E-state index in [0.29, 0.717) is 0 Å². The minimum Gasteiger partial charge on any atom is -0.308 e. The van der Waals surface area contributed by atoms with Crippen LogP contribution in [0.15, 0.2) is 24.5 Å². The SMILES string of the molecule is SCNCCc1ccncc1. The minimum atomic E-state index is 0.741. The normalized spacial score (nSPS) is 9.91. The lowest BCUT2D eigenvalue weighted by molar-refractivity contribution is 0.775. The van der Waals surface area contributed by atoms with E-state index in [4.69, 9.17) is 0 Å². The van der Waals surface area contributed by atoms with Crippen molar-refractivity contribution in [1.82, 2.24) is 10.3 Å². The van der Waals surface area contributed by atoms with Crippen LogP contribution < -0.4 is 5.32 Å². The fraction of sp³-hybridized carbons (Fsp3) is 0.375. The average Bonchev–Trinajstić information content (AvgIpc) is 2.07. The van der Waals surface area contributed by atoms with Gasteiger partial charge < -0.3 is 5.32 Å². The number of hydrogen-bond donors (Lipinski definition) is 2. The number of rotatable bonds is 4. The standard InChI is InChI=1S/C8H12N2S/c11-7-10-6-3-8-1-4-9-5-2-8/h1-2,4-5,10-11H,3,6-7H2. The Morgan fingerprint density at radius 3 is 2.73 bits per heavy atom. The Bertz CT molecular complexity index is 189. The van der Waals surface area contributed by atoms with Crippen molar-refractivity contribution in [2.75, 3.05) is 12.4 Å². The van der Waals surface area contributed by atoms with E-state index in [1.165, 1.54) is 5.56 Å². The Morgan fingerprint density at radius 2 is 2.09 bits per heavy atom. The number of pyridine rings is 1. The zero-order valence-corrected chi connectivity index (χ0v) is 7.22. The molecule has 0 amide bonds. The molecule has 0 saturated carbocycles. The molecule has 0 aliphatic heterocycles. The van der Waals surface area contributed by atoms with Gasteiger partial charge in [0.2, 0.25) is 0 Å². The van der Waals surface area contributed by atoms with E-state index in [0.717, 1.165) is 18.8 Å². The van der Waals surface area contributed by atoms with Gasteiger partial charge in [0.1, 0.15) is 0 Å². The van der Waals surface area contributed by atoms with Crippen LogP contribution in [0.25, 0.3) is 0 Å². The molecule has 2 nitrogen and oxygen atoms in total. The van der Waals surface area contributed by atoms with Crippen LogP contribution >= 0.6 is 12.6 Å². The third-order valence-electron chi connectivity index (χ3n) is 1.45. The maximum atomic E-state index is 4.04. The van der Waals surface area contributed by atoms with Gasteiger partial charge in [0.05, 0.1) is 0 Å². The van der Waals surface area contributed by atoms with Crippen molar-refractivity contribution in [1.29, 1.82) is 0 Å². The summed E-state index contributed by atoms with van der Waals surface area (Å²) in [6, 6.07) is 4.06. The molecule has 0 aliphatic carbocycles. The van der Waals surface area contributed by atoms with Crippen molar-refractivity contribution in [2.45, 2.75) is 6.42 Å². The van der Waals surface area contributed by atoms with Gasteiger partial charge in [-0.15, -0.1) is 0 Å². The number of hydrogen-bond acceptors (Lipinski definition) is 3. The molecule has 60 valence electrons. The molecule has 0 spiro atoms. The number of nitrogens with one attached hydrogen (secondary N) is 1. The second-order valence-corrected chi connectivity index (χ2v) is 2.58. The van der Waals surface area contributed by atoms with Gasteiger partial charge in [-0.05, 0) is 30.7 Å². The van der Waals surface area contributed by atoms with Gasteiger partial charge in [0.15, 0.2) is 0 Å². The molecule has 0 aliphatic rings. The van der Waals surface area contributed by atoms with Gasteiger partial charge in [0, 0.05) is 18.3 Å². The third kappa shape index (κ3) is 3.39. The summed E-state index contributed by atoms with van der Waals surface area (Å²) in [5.74, 6) is 0.741. The van der Waals surface area contributed by atoms with Gasteiger partial charge in [-0.2, -0.15) is 12.6 Å². The highest BCUT2D eigenvalue weighted by Crippen LogP contribution is 1.95. The first-order valence-corrected chi connectivity index (χ1v) is 4.27. The van der Waals surface area contributed by atoms with Gasteiger partial charge in [-0.3, -0.25) is 4.98 Å². The van der Waals surface area contributed by atoms with Crippen molar-refractivity contribution in [3.8, 4) is 0 Å². The molecule has 0 radical (unpaired) electrons. The maximum Gasteiger partial charge on any atom is 0.0387 e. The molecule has 11 heavy (non-hydrogen) atoms. The van der Waals surface area contributed by atoms with E-state index < -0.39 is 0 Å². The van der Waals surface area contributed by atoms with Crippen LogP contribution in [0.2, 0.25) is 0 Å². The van der Waals surface area contributed by atoms with E-state index >= 15 is 0 Å². The predicted molar refractivity (Wildman–Crippen MR) is 49.8 cm³/mol. The van der Waals surface area contributed by atoms with E-state index in [9.17, 15) is 0 Å². The average molecular weight is 168 g/mol. The first kappa shape index (κ1) is 8.56. The summed E-state index contributed by atoms with van der Waals surface area (Å²) in [4.78, 5) is 3.94. The van der Waals surface area contributed by atoms with Gasteiger partial charge in [0.25, 0.3) is 0 Å². The zero-order valence-electron chi connectivity index (χ0n) is 6.33. The van der Waals surface area contributed by atoms with E-state index in [1.807, 2.05) is 24.5 Å². The Morgan fingerprint density at radius 1 is 1.36 bits per heavy atom.